The summed E-state index contributed by atoms with van der Waals surface area (Å²) in [6.45, 7) is 6.32. The number of anilines is 2. The van der Waals surface area contributed by atoms with Crippen LogP contribution in [-0.4, -0.2) is 75.6 Å². The molecule has 0 aliphatic carbocycles. The van der Waals surface area contributed by atoms with Gasteiger partial charge in [0.05, 0.1) is 37.0 Å². The van der Waals surface area contributed by atoms with E-state index in [1.807, 2.05) is 24.3 Å². The second kappa shape index (κ2) is 9.40. The molecule has 1 amide bonds. The summed E-state index contributed by atoms with van der Waals surface area (Å²) >= 11 is 1.36. The Balaban J connectivity index is 1.29. The molecule has 1 aromatic heterocycles. The molecule has 0 radical (unpaired) electrons. The molecule has 0 N–H and O–H groups in total. The number of benzene rings is 1. The van der Waals surface area contributed by atoms with E-state index in [0.717, 1.165) is 56.7 Å². The molecule has 0 atom stereocenters. The first-order chi connectivity index (χ1) is 15.7. The molecule has 32 heavy (non-hydrogen) atoms. The van der Waals surface area contributed by atoms with Gasteiger partial charge in [0.25, 0.3) is 5.91 Å². The smallest absolute Gasteiger partial charge is 0.266 e. The van der Waals surface area contributed by atoms with Crippen LogP contribution < -0.4 is 9.80 Å². The van der Waals surface area contributed by atoms with Crippen molar-refractivity contribution >= 4 is 46.2 Å². The van der Waals surface area contributed by atoms with Crippen molar-refractivity contribution in [3.8, 4) is 0 Å². The molecule has 5 rings (SSSR count). The van der Waals surface area contributed by atoms with E-state index in [2.05, 4.69) is 21.9 Å². The summed E-state index contributed by atoms with van der Waals surface area (Å²) in [5.41, 5.74) is 1.98. The Morgan fingerprint density at radius 3 is 2.25 bits per heavy atom. The zero-order valence-corrected chi connectivity index (χ0v) is 18.8. The van der Waals surface area contributed by atoms with Crippen molar-refractivity contribution in [1.82, 2.24) is 4.90 Å². The molecule has 168 valence electrons. The normalized spacial score (nSPS) is 22.4. The van der Waals surface area contributed by atoms with E-state index < -0.39 is 0 Å². The van der Waals surface area contributed by atoms with E-state index in [0.29, 0.717) is 29.0 Å². The van der Waals surface area contributed by atoms with Crippen LogP contribution in [0.3, 0.4) is 0 Å². The number of likely N-dealkylation sites (N-methyl/N-ethyl adjacent to an activating group) is 1. The third-order valence-electron chi connectivity index (χ3n) is 5.66. The first kappa shape index (κ1) is 21.1. The number of amides is 1. The average Bonchev–Trinajstić information content (AvgIpc) is 3.42. The van der Waals surface area contributed by atoms with E-state index in [9.17, 15) is 4.79 Å². The van der Waals surface area contributed by atoms with Gasteiger partial charge in [-0.05, 0) is 42.1 Å². The minimum absolute atomic E-state index is 0.0805. The number of carbonyl (C=O) groups is 1. The van der Waals surface area contributed by atoms with Crippen molar-refractivity contribution in [3.05, 3.63) is 47.1 Å². The molecule has 0 saturated carbocycles. The van der Waals surface area contributed by atoms with Crippen molar-refractivity contribution in [2.24, 2.45) is 4.99 Å². The van der Waals surface area contributed by atoms with Crippen molar-refractivity contribution < 1.29 is 18.7 Å². The highest BCUT2D eigenvalue weighted by molar-refractivity contribution is 8.18. The maximum absolute atomic E-state index is 12.7. The second-order valence-electron chi connectivity index (χ2n) is 7.76. The molecule has 1 aromatic carbocycles. The quantitative estimate of drug-likeness (QED) is 0.657. The lowest BCUT2D eigenvalue weighted by Gasteiger charge is -2.28. The summed E-state index contributed by atoms with van der Waals surface area (Å²) in [6.07, 6.45) is 1.79. The van der Waals surface area contributed by atoms with Crippen molar-refractivity contribution in [2.75, 3.05) is 69.5 Å². The van der Waals surface area contributed by atoms with Crippen LogP contribution in [0.25, 0.3) is 6.08 Å². The Hall–Kier alpha value is -2.75. The number of nitrogens with zero attached hydrogens (tertiary/aromatic N) is 4. The van der Waals surface area contributed by atoms with Crippen LogP contribution in [0.15, 0.2) is 50.7 Å². The SMILES string of the molecule is CN1C(=O)C(=Cc2ccc(N3CCOCC3)o2)SC1=Nc1ccc(N2CCOCC2)cc1. The van der Waals surface area contributed by atoms with Crippen LogP contribution in [0.4, 0.5) is 17.3 Å². The number of rotatable bonds is 4. The number of carbonyl (C=O) groups excluding carboxylic acids is 1. The van der Waals surface area contributed by atoms with E-state index in [-0.39, 0.29) is 5.91 Å². The molecule has 8 nitrogen and oxygen atoms in total. The van der Waals surface area contributed by atoms with Crippen molar-refractivity contribution in [1.29, 1.82) is 0 Å². The Kier molecular flexibility index (Phi) is 6.20. The predicted octanol–water partition coefficient (Wildman–Crippen LogP) is 3.19. The number of thioether (sulfide) groups is 1. The lowest BCUT2D eigenvalue weighted by molar-refractivity contribution is -0.121. The van der Waals surface area contributed by atoms with Gasteiger partial charge in [0, 0.05) is 51.1 Å². The maximum Gasteiger partial charge on any atom is 0.266 e. The van der Waals surface area contributed by atoms with E-state index in [4.69, 9.17) is 18.9 Å². The topological polar surface area (TPSA) is 70.8 Å². The molecular weight excluding hydrogens is 428 g/mol. The summed E-state index contributed by atoms with van der Waals surface area (Å²) < 4.78 is 16.8. The summed E-state index contributed by atoms with van der Waals surface area (Å²) in [4.78, 5) is 24.1. The lowest BCUT2D eigenvalue weighted by Crippen LogP contribution is -2.36. The maximum atomic E-state index is 12.7. The van der Waals surface area contributed by atoms with Gasteiger partial charge in [0.2, 0.25) is 0 Å². The van der Waals surface area contributed by atoms with E-state index >= 15 is 0 Å². The third kappa shape index (κ3) is 4.55. The first-order valence-corrected chi connectivity index (χ1v) is 11.6. The molecular formula is C23H26N4O4S. The minimum atomic E-state index is -0.0805. The zero-order chi connectivity index (χ0) is 21.9. The molecule has 0 spiro atoms. The van der Waals surface area contributed by atoms with Gasteiger partial charge in [-0.3, -0.25) is 9.69 Å². The highest BCUT2D eigenvalue weighted by Crippen LogP contribution is 2.34. The predicted molar refractivity (Wildman–Crippen MR) is 127 cm³/mol. The molecule has 3 aliphatic heterocycles. The average molecular weight is 455 g/mol. The number of amidine groups is 1. The van der Waals surface area contributed by atoms with Gasteiger partial charge in [-0.1, -0.05) is 0 Å². The molecule has 0 unspecified atom stereocenters. The fourth-order valence-electron chi connectivity index (χ4n) is 3.82. The fourth-order valence-corrected chi connectivity index (χ4v) is 4.79. The highest BCUT2D eigenvalue weighted by atomic mass is 32.2. The van der Waals surface area contributed by atoms with E-state index in [1.54, 1.807) is 18.0 Å². The minimum Gasteiger partial charge on any atom is -0.441 e. The Morgan fingerprint density at radius 1 is 0.906 bits per heavy atom. The Bertz CT molecular complexity index is 1020. The van der Waals surface area contributed by atoms with Gasteiger partial charge in [-0.2, -0.15) is 0 Å². The number of morpholine rings is 2. The summed E-state index contributed by atoms with van der Waals surface area (Å²) in [7, 11) is 1.75. The van der Waals surface area contributed by atoms with E-state index in [1.165, 1.54) is 11.8 Å². The molecule has 4 heterocycles. The molecule has 9 heteroatoms. The largest absolute Gasteiger partial charge is 0.441 e. The van der Waals surface area contributed by atoms with Crippen LogP contribution >= 0.6 is 11.8 Å². The van der Waals surface area contributed by atoms with Crippen LogP contribution in [-0.2, 0) is 14.3 Å². The number of aliphatic imine (C=N–C) groups is 1. The van der Waals surface area contributed by atoms with Crippen LogP contribution in [0.5, 0.6) is 0 Å². The summed E-state index contributed by atoms with van der Waals surface area (Å²) in [5, 5.41) is 0.653. The second-order valence-corrected chi connectivity index (χ2v) is 8.77. The van der Waals surface area contributed by atoms with Crippen LogP contribution in [0, 0.1) is 0 Å². The van der Waals surface area contributed by atoms with Crippen LogP contribution in [0.2, 0.25) is 0 Å². The van der Waals surface area contributed by atoms with Crippen molar-refractivity contribution in [3.63, 3.8) is 0 Å². The summed E-state index contributed by atoms with van der Waals surface area (Å²) in [5.74, 6) is 1.38. The lowest BCUT2D eigenvalue weighted by atomic mass is 10.2. The molecule has 3 saturated heterocycles. The third-order valence-corrected chi connectivity index (χ3v) is 6.72. The molecule has 0 bridgehead atoms. The number of hydrogen-bond donors (Lipinski definition) is 0. The van der Waals surface area contributed by atoms with Gasteiger partial charge in [-0.15, -0.1) is 0 Å². The highest BCUT2D eigenvalue weighted by Gasteiger charge is 2.31. The summed E-state index contributed by atoms with van der Waals surface area (Å²) in [6, 6.07) is 11.9. The number of hydrogen-bond acceptors (Lipinski definition) is 8. The molecule has 3 fully saturated rings. The Labute approximate surface area is 191 Å². The first-order valence-electron chi connectivity index (χ1n) is 10.8. The standard InChI is InChI=1S/C23H26N4O4S/c1-25-22(28)20(16-19-6-7-21(31-19)27-10-14-30-15-11-27)32-23(25)24-17-2-4-18(5-3-17)26-8-12-29-13-9-26/h2-7,16H,8-15H2,1H3. The fraction of sp³-hybridized carbons (Fsp3) is 0.391. The van der Waals surface area contributed by atoms with Gasteiger partial charge < -0.3 is 23.7 Å². The van der Waals surface area contributed by atoms with Gasteiger partial charge >= 0.3 is 0 Å². The zero-order valence-electron chi connectivity index (χ0n) is 18.0. The van der Waals surface area contributed by atoms with Gasteiger partial charge in [0.15, 0.2) is 11.1 Å². The monoisotopic (exact) mass is 454 g/mol. The van der Waals surface area contributed by atoms with Gasteiger partial charge in [-0.25, -0.2) is 4.99 Å². The Morgan fingerprint density at radius 2 is 1.56 bits per heavy atom. The molecule has 3 aliphatic rings. The van der Waals surface area contributed by atoms with Crippen LogP contribution in [0.1, 0.15) is 5.76 Å². The number of ether oxygens (including phenoxy) is 2. The van der Waals surface area contributed by atoms with Crippen molar-refractivity contribution in [2.45, 2.75) is 0 Å². The van der Waals surface area contributed by atoms with Gasteiger partial charge in [0.1, 0.15) is 5.76 Å². The molecule has 2 aromatic rings. The number of furan rings is 1.